The van der Waals surface area contributed by atoms with Crippen LogP contribution in [0.3, 0.4) is 0 Å². The van der Waals surface area contributed by atoms with Gasteiger partial charge in [-0.05, 0) is 36.5 Å². The largest absolute Gasteiger partial charge is 0.126 e. The van der Waals surface area contributed by atoms with E-state index < -0.39 is 0 Å². The topological polar surface area (TPSA) is 0 Å². The molecule has 0 aromatic rings. The molecule has 0 bridgehead atoms. The number of halogens is 2. The molecule has 1 rings (SSSR count). The van der Waals surface area contributed by atoms with Crippen molar-refractivity contribution >= 4 is 23.2 Å². The van der Waals surface area contributed by atoms with Gasteiger partial charge >= 0.3 is 0 Å². The van der Waals surface area contributed by atoms with E-state index >= 15 is 0 Å². The Bertz CT molecular complexity index is 124. The van der Waals surface area contributed by atoms with Gasteiger partial charge in [-0.2, -0.15) is 0 Å². The Balaban J connectivity index is 2.59. The van der Waals surface area contributed by atoms with E-state index in [2.05, 4.69) is 13.8 Å². The summed E-state index contributed by atoms with van der Waals surface area (Å²) < 4.78 is 0. The summed E-state index contributed by atoms with van der Waals surface area (Å²) >= 11 is 12.1. The average molecular weight is 237 g/mol. The summed E-state index contributed by atoms with van der Waals surface area (Å²) in [7, 11) is 0. The number of hydrogen-bond donors (Lipinski definition) is 0. The quantitative estimate of drug-likeness (QED) is 0.629. The molecule has 2 heteroatoms. The standard InChI is InChI=1S/C12H22Cl2/c1-3-9-5-12(8-14)10(4-2)6-11(9)7-13/h9-12H,3-8H2,1-2H3. The van der Waals surface area contributed by atoms with E-state index in [0.29, 0.717) is 0 Å². The maximum atomic E-state index is 6.03. The fraction of sp³-hybridized carbons (Fsp3) is 1.00. The first-order chi connectivity index (χ1) is 6.76. The van der Waals surface area contributed by atoms with Crippen LogP contribution < -0.4 is 0 Å². The molecule has 0 aromatic heterocycles. The van der Waals surface area contributed by atoms with Crippen LogP contribution in [0.15, 0.2) is 0 Å². The third-order valence-corrected chi connectivity index (χ3v) is 4.78. The van der Waals surface area contributed by atoms with Crippen LogP contribution in [-0.4, -0.2) is 11.8 Å². The number of alkyl halides is 2. The van der Waals surface area contributed by atoms with Crippen LogP contribution in [0.25, 0.3) is 0 Å². The summed E-state index contributed by atoms with van der Waals surface area (Å²) in [6.07, 6.45) is 5.13. The van der Waals surface area contributed by atoms with Crippen molar-refractivity contribution in [3.05, 3.63) is 0 Å². The van der Waals surface area contributed by atoms with Crippen LogP contribution in [0.2, 0.25) is 0 Å². The molecular formula is C12H22Cl2. The first-order valence-electron chi connectivity index (χ1n) is 5.88. The van der Waals surface area contributed by atoms with E-state index in [1.54, 1.807) is 0 Å². The zero-order valence-corrected chi connectivity index (χ0v) is 10.8. The van der Waals surface area contributed by atoms with Gasteiger partial charge in [0.25, 0.3) is 0 Å². The van der Waals surface area contributed by atoms with Gasteiger partial charge in [0.2, 0.25) is 0 Å². The lowest BCUT2D eigenvalue weighted by Crippen LogP contribution is -2.33. The molecule has 4 atom stereocenters. The van der Waals surface area contributed by atoms with Crippen LogP contribution in [0.5, 0.6) is 0 Å². The minimum atomic E-state index is 0.742. The summed E-state index contributed by atoms with van der Waals surface area (Å²) in [4.78, 5) is 0. The van der Waals surface area contributed by atoms with Gasteiger partial charge in [0, 0.05) is 11.8 Å². The predicted molar refractivity (Wildman–Crippen MR) is 65.2 cm³/mol. The molecule has 0 radical (unpaired) electrons. The lowest BCUT2D eigenvalue weighted by atomic mass is 9.68. The Morgan fingerprint density at radius 2 is 1.14 bits per heavy atom. The zero-order valence-electron chi connectivity index (χ0n) is 9.31. The minimum Gasteiger partial charge on any atom is -0.126 e. The smallest absolute Gasteiger partial charge is 0.0254 e. The molecule has 0 aliphatic heterocycles. The molecule has 0 nitrogen and oxygen atoms in total. The van der Waals surface area contributed by atoms with Gasteiger partial charge < -0.3 is 0 Å². The van der Waals surface area contributed by atoms with E-state index in [9.17, 15) is 0 Å². The van der Waals surface area contributed by atoms with Crippen molar-refractivity contribution in [2.75, 3.05) is 11.8 Å². The summed E-state index contributed by atoms with van der Waals surface area (Å²) in [5, 5.41) is 0. The molecule has 84 valence electrons. The van der Waals surface area contributed by atoms with Crippen LogP contribution in [0.1, 0.15) is 39.5 Å². The second kappa shape index (κ2) is 6.23. The van der Waals surface area contributed by atoms with Crippen LogP contribution in [-0.2, 0) is 0 Å². The van der Waals surface area contributed by atoms with Crippen molar-refractivity contribution in [2.45, 2.75) is 39.5 Å². The summed E-state index contributed by atoms with van der Waals surface area (Å²) in [6.45, 7) is 4.56. The van der Waals surface area contributed by atoms with Crippen molar-refractivity contribution in [1.29, 1.82) is 0 Å². The number of rotatable bonds is 4. The van der Waals surface area contributed by atoms with Crippen molar-refractivity contribution in [2.24, 2.45) is 23.7 Å². The molecule has 1 fully saturated rings. The molecule has 0 N–H and O–H groups in total. The van der Waals surface area contributed by atoms with E-state index in [-0.39, 0.29) is 0 Å². The molecule has 4 unspecified atom stereocenters. The second-order valence-electron chi connectivity index (χ2n) is 4.64. The third-order valence-electron chi connectivity index (χ3n) is 3.99. The highest BCUT2D eigenvalue weighted by Gasteiger charge is 2.34. The monoisotopic (exact) mass is 236 g/mol. The Kier molecular flexibility index (Phi) is 5.62. The van der Waals surface area contributed by atoms with Crippen molar-refractivity contribution in [3.8, 4) is 0 Å². The molecule has 1 aliphatic rings. The van der Waals surface area contributed by atoms with E-state index in [4.69, 9.17) is 23.2 Å². The maximum Gasteiger partial charge on any atom is 0.0254 e. The van der Waals surface area contributed by atoms with Crippen LogP contribution in [0, 0.1) is 23.7 Å². The van der Waals surface area contributed by atoms with Gasteiger partial charge in [-0.25, -0.2) is 0 Å². The van der Waals surface area contributed by atoms with E-state index in [1.807, 2.05) is 0 Å². The molecule has 14 heavy (non-hydrogen) atoms. The molecule has 0 heterocycles. The first-order valence-corrected chi connectivity index (χ1v) is 6.95. The zero-order chi connectivity index (χ0) is 10.6. The van der Waals surface area contributed by atoms with Crippen LogP contribution >= 0.6 is 23.2 Å². The van der Waals surface area contributed by atoms with Crippen molar-refractivity contribution in [3.63, 3.8) is 0 Å². The van der Waals surface area contributed by atoms with Crippen LogP contribution in [0.4, 0.5) is 0 Å². The molecule has 1 saturated carbocycles. The Labute approximate surface area is 98.4 Å². The predicted octanol–water partition coefficient (Wildman–Crippen LogP) is 4.54. The molecule has 0 saturated heterocycles. The van der Waals surface area contributed by atoms with Gasteiger partial charge in [-0.15, -0.1) is 23.2 Å². The highest BCUT2D eigenvalue weighted by atomic mass is 35.5. The van der Waals surface area contributed by atoms with Gasteiger partial charge in [0.1, 0.15) is 0 Å². The highest BCUT2D eigenvalue weighted by Crippen LogP contribution is 2.41. The van der Waals surface area contributed by atoms with Crippen molar-refractivity contribution in [1.82, 2.24) is 0 Å². The van der Waals surface area contributed by atoms with E-state index in [1.165, 1.54) is 25.7 Å². The third kappa shape index (κ3) is 2.79. The summed E-state index contributed by atoms with van der Waals surface area (Å²) in [5.41, 5.74) is 0. The molecular weight excluding hydrogens is 215 g/mol. The lowest BCUT2D eigenvalue weighted by Gasteiger charge is -2.39. The average Bonchev–Trinajstić information content (AvgIpc) is 2.26. The molecule has 0 aromatic carbocycles. The fourth-order valence-corrected chi connectivity index (χ4v) is 3.68. The Morgan fingerprint density at radius 3 is 1.36 bits per heavy atom. The lowest BCUT2D eigenvalue weighted by molar-refractivity contribution is 0.131. The van der Waals surface area contributed by atoms with Gasteiger partial charge in [-0.1, -0.05) is 26.7 Å². The van der Waals surface area contributed by atoms with Gasteiger partial charge in [0.15, 0.2) is 0 Å². The first kappa shape index (κ1) is 12.6. The fourth-order valence-electron chi connectivity index (χ4n) is 2.93. The molecule has 0 amide bonds. The highest BCUT2D eigenvalue weighted by molar-refractivity contribution is 6.18. The van der Waals surface area contributed by atoms with E-state index in [0.717, 1.165) is 35.4 Å². The SMILES string of the molecule is CCC1CC(CCl)C(CC)CC1CCl. The Hall–Kier alpha value is 0.580. The molecule has 1 aliphatic carbocycles. The number of hydrogen-bond acceptors (Lipinski definition) is 0. The molecule has 0 spiro atoms. The van der Waals surface area contributed by atoms with Crippen molar-refractivity contribution < 1.29 is 0 Å². The van der Waals surface area contributed by atoms with Gasteiger partial charge in [-0.3, -0.25) is 0 Å². The normalized spacial score (nSPS) is 38.6. The summed E-state index contributed by atoms with van der Waals surface area (Å²) in [6, 6.07) is 0. The maximum absolute atomic E-state index is 6.03. The minimum absolute atomic E-state index is 0.742. The second-order valence-corrected chi connectivity index (χ2v) is 5.25. The van der Waals surface area contributed by atoms with Gasteiger partial charge in [0.05, 0.1) is 0 Å². The summed E-state index contributed by atoms with van der Waals surface area (Å²) in [5.74, 6) is 4.80. The Morgan fingerprint density at radius 1 is 0.786 bits per heavy atom.